The van der Waals surface area contributed by atoms with Gasteiger partial charge in [0.2, 0.25) is 0 Å². The number of halogens is 3. The topological polar surface area (TPSA) is 15.3 Å². The Kier molecular flexibility index (Phi) is 5.19. The van der Waals surface area contributed by atoms with E-state index < -0.39 is 0 Å². The SMILES string of the molecule is CN1CCCCC1CNc1c(Cl)cc(Br)cc1Cl. The van der Waals surface area contributed by atoms with Crippen LogP contribution in [0.3, 0.4) is 0 Å². The minimum Gasteiger partial charge on any atom is -0.381 e. The molecule has 1 atom stereocenters. The van der Waals surface area contributed by atoms with Gasteiger partial charge in [0.15, 0.2) is 0 Å². The van der Waals surface area contributed by atoms with Crippen LogP contribution < -0.4 is 5.32 Å². The number of anilines is 1. The monoisotopic (exact) mass is 350 g/mol. The fourth-order valence-corrected chi connectivity index (χ4v) is 3.68. The first kappa shape index (κ1) is 14.4. The van der Waals surface area contributed by atoms with Gasteiger partial charge < -0.3 is 10.2 Å². The smallest absolute Gasteiger partial charge is 0.0720 e. The Morgan fingerprint density at radius 2 is 2.00 bits per heavy atom. The summed E-state index contributed by atoms with van der Waals surface area (Å²) in [5.41, 5.74) is 0.834. The van der Waals surface area contributed by atoms with Gasteiger partial charge >= 0.3 is 0 Å². The molecule has 1 aromatic rings. The molecule has 1 heterocycles. The normalized spacial score (nSPS) is 21.0. The van der Waals surface area contributed by atoms with E-state index in [1.807, 2.05) is 12.1 Å². The average molecular weight is 352 g/mol. The zero-order valence-electron chi connectivity index (χ0n) is 10.3. The molecule has 0 saturated carbocycles. The number of piperidine rings is 1. The zero-order chi connectivity index (χ0) is 13.1. The lowest BCUT2D eigenvalue weighted by Crippen LogP contribution is -2.40. The van der Waals surface area contributed by atoms with Gasteiger partial charge in [-0.3, -0.25) is 0 Å². The zero-order valence-corrected chi connectivity index (χ0v) is 13.4. The van der Waals surface area contributed by atoms with Gasteiger partial charge in [-0.1, -0.05) is 45.6 Å². The number of hydrogen-bond donors (Lipinski definition) is 1. The molecule has 1 unspecified atom stereocenters. The van der Waals surface area contributed by atoms with Crippen molar-refractivity contribution in [2.45, 2.75) is 25.3 Å². The van der Waals surface area contributed by atoms with Crippen molar-refractivity contribution in [2.75, 3.05) is 25.5 Å². The van der Waals surface area contributed by atoms with Gasteiger partial charge in [0.1, 0.15) is 0 Å². The summed E-state index contributed by atoms with van der Waals surface area (Å²) in [6.45, 7) is 2.06. The van der Waals surface area contributed by atoms with Crippen LogP contribution in [-0.2, 0) is 0 Å². The Balaban J connectivity index is 2.01. The molecule has 0 aliphatic carbocycles. The first-order valence-corrected chi connectivity index (χ1v) is 7.71. The van der Waals surface area contributed by atoms with E-state index in [1.165, 1.54) is 25.8 Å². The quantitative estimate of drug-likeness (QED) is 0.852. The van der Waals surface area contributed by atoms with Crippen LogP contribution in [0.15, 0.2) is 16.6 Å². The van der Waals surface area contributed by atoms with Crippen LogP contribution in [-0.4, -0.2) is 31.1 Å². The highest BCUT2D eigenvalue weighted by Crippen LogP contribution is 2.34. The van der Waals surface area contributed by atoms with E-state index in [2.05, 4.69) is 33.2 Å². The molecule has 2 nitrogen and oxygen atoms in total. The Hall–Kier alpha value is 0.0400. The molecule has 100 valence electrons. The molecular formula is C13H17BrCl2N2. The summed E-state index contributed by atoms with van der Waals surface area (Å²) < 4.78 is 0.901. The van der Waals surface area contributed by atoms with Crippen molar-refractivity contribution in [1.29, 1.82) is 0 Å². The predicted octanol–water partition coefficient (Wildman–Crippen LogP) is 4.65. The summed E-state index contributed by atoms with van der Waals surface area (Å²) in [6, 6.07) is 4.29. The minimum atomic E-state index is 0.564. The average Bonchev–Trinajstić information content (AvgIpc) is 2.30. The molecule has 1 saturated heterocycles. The van der Waals surface area contributed by atoms with Crippen molar-refractivity contribution in [2.24, 2.45) is 0 Å². The number of likely N-dealkylation sites (tertiary alicyclic amines) is 1. The van der Waals surface area contributed by atoms with Crippen molar-refractivity contribution in [3.8, 4) is 0 Å². The maximum atomic E-state index is 6.20. The molecule has 0 radical (unpaired) electrons. The second kappa shape index (κ2) is 6.47. The van der Waals surface area contributed by atoms with Crippen LogP contribution in [0.1, 0.15) is 19.3 Å². The Labute approximate surface area is 127 Å². The van der Waals surface area contributed by atoms with E-state index in [0.29, 0.717) is 16.1 Å². The van der Waals surface area contributed by atoms with Crippen LogP contribution in [0.25, 0.3) is 0 Å². The third kappa shape index (κ3) is 3.53. The highest BCUT2D eigenvalue weighted by molar-refractivity contribution is 9.10. The van der Waals surface area contributed by atoms with E-state index in [1.54, 1.807) is 0 Å². The van der Waals surface area contributed by atoms with Gasteiger partial charge in [-0.15, -0.1) is 0 Å². The van der Waals surface area contributed by atoms with Crippen molar-refractivity contribution >= 4 is 44.8 Å². The fraction of sp³-hybridized carbons (Fsp3) is 0.538. The van der Waals surface area contributed by atoms with Crippen molar-refractivity contribution < 1.29 is 0 Å². The van der Waals surface area contributed by atoms with Crippen LogP contribution in [0.5, 0.6) is 0 Å². The van der Waals surface area contributed by atoms with E-state index in [0.717, 1.165) is 16.7 Å². The second-order valence-corrected chi connectivity index (χ2v) is 6.49. The Morgan fingerprint density at radius 3 is 2.61 bits per heavy atom. The number of benzene rings is 1. The number of likely N-dealkylation sites (N-methyl/N-ethyl adjacent to an activating group) is 1. The predicted molar refractivity (Wildman–Crippen MR) is 82.9 cm³/mol. The lowest BCUT2D eigenvalue weighted by atomic mass is 10.0. The number of nitrogens with zero attached hydrogens (tertiary/aromatic N) is 1. The molecule has 1 N–H and O–H groups in total. The van der Waals surface area contributed by atoms with Crippen molar-refractivity contribution in [3.63, 3.8) is 0 Å². The lowest BCUT2D eigenvalue weighted by Gasteiger charge is -2.33. The highest BCUT2D eigenvalue weighted by Gasteiger charge is 2.19. The van der Waals surface area contributed by atoms with Gasteiger partial charge in [0.25, 0.3) is 0 Å². The van der Waals surface area contributed by atoms with Crippen molar-refractivity contribution in [1.82, 2.24) is 4.90 Å². The molecule has 1 fully saturated rings. The first-order valence-electron chi connectivity index (χ1n) is 6.16. The summed E-state index contributed by atoms with van der Waals surface area (Å²) >= 11 is 15.8. The minimum absolute atomic E-state index is 0.564. The summed E-state index contributed by atoms with van der Waals surface area (Å²) in [5, 5.41) is 4.70. The summed E-state index contributed by atoms with van der Waals surface area (Å²) in [5.74, 6) is 0. The first-order chi connectivity index (χ1) is 8.58. The number of hydrogen-bond acceptors (Lipinski definition) is 2. The van der Waals surface area contributed by atoms with Gasteiger partial charge in [-0.05, 0) is 38.6 Å². The maximum Gasteiger partial charge on any atom is 0.0720 e. The Bertz CT molecular complexity index is 402. The lowest BCUT2D eigenvalue weighted by molar-refractivity contribution is 0.194. The molecular weight excluding hydrogens is 335 g/mol. The highest BCUT2D eigenvalue weighted by atomic mass is 79.9. The molecule has 0 aromatic heterocycles. The van der Waals surface area contributed by atoms with Gasteiger partial charge in [0, 0.05) is 17.1 Å². The van der Waals surface area contributed by atoms with Crippen molar-refractivity contribution in [3.05, 3.63) is 26.7 Å². The molecule has 1 aliphatic rings. The molecule has 0 bridgehead atoms. The fourth-order valence-electron chi connectivity index (χ4n) is 2.33. The summed E-state index contributed by atoms with van der Waals surface area (Å²) in [4.78, 5) is 2.40. The van der Waals surface area contributed by atoms with E-state index in [-0.39, 0.29) is 0 Å². The molecule has 0 amide bonds. The Morgan fingerprint density at radius 1 is 1.33 bits per heavy atom. The van der Waals surface area contributed by atoms with Crippen LogP contribution in [0, 0.1) is 0 Å². The third-order valence-electron chi connectivity index (χ3n) is 3.44. The molecule has 1 aliphatic heterocycles. The van der Waals surface area contributed by atoms with Crippen LogP contribution >= 0.6 is 39.1 Å². The van der Waals surface area contributed by atoms with E-state index in [4.69, 9.17) is 23.2 Å². The standard InChI is InChI=1S/C13H17BrCl2N2/c1-18-5-3-2-4-10(18)8-17-13-11(15)6-9(14)7-12(13)16/h6-7,10,17H,2-5,8H2,1H3. The third-order valence-corrected chi connectivity index (χ3v) is 4.50. The summed E-state index contributed by atoms with van der Waals surface area (Å²) in [6.07, 6.45) is 3.83. The summed E-state index contributed by atoms with van der Waals surface area (Å²) in [7, 11) is 2.18. The number of rotatable bonds is 3. The molecule has 1 aromatic carbocycles. The molecule has 0 spiro atoms. The van der Waals surface area contributed by atoms with Gasteiger partial charge in [0.05, 0.1) is 15.7 Å². The second-order valence-electron chi connectivity index (χ2n) is 4.76. The van der Waals surface area contributed by atoms with Crippen LogP contribution in [0.4, 0.5) is 5.69 Å². The van der Waals surface area contributed by atoms with E-state index in [9.17, 15) is 0 Å². The van der Waals surface area contributed by atoms with Gasteiger partial charge in [-0.2, -0.15) is 0 Å². The van der Waals surface area contributed by atoms with Gasteiger partial charge in [-0.25, -0.2) is 0 Å². The number of nitrogens with one attached hydrogen (secondary N) is 1. The molecule has 5 heteroatoms. The maximum absolute atomic E-state index is 6.20. The molecule has 18 heavy (non-hydrogen) atoms. The largest absolute Gasteiger partial charge is 0.381 e. The van der Waals surface area contributed by atoms with Crippen LogP contribution in [0.2, 0.25) is 10.0 Å². The van der Waals surface area contributed by atoms with E-state index >= 15 is 0 Å². The molecule has 2 rings (SSSR count).